The summed E-state index contributed by atoms with van der Waals surface area (Å²) in [6.45, 7) is 0. The van der Waals surface area contributed by atoms with Crippen LogP contribution in [-0.4, -0.2) is 8.42 Å². The van der Waals surface area contributed by atoms with E-state index >= 15 is 0 Å². The van der Waals surface area contributed by atoms with E-state index < -0.39 is 9.26 Å². The van der Waals surface area contributed by atoms with Gasteiger partial charge in [0.05, 0.1) is 8.88 Å². The van der Waals surface area contributed by atoms with Crippen LogP contribution in [-0.2, 0) is 29.3 Å². The largest absolute Gasteiger partial charge is 0.284 e. The van der Waals surface area contributed by atoms with Gasteiger partial charge in [-0.15, -0.1) is 0 Å². The average molecular weight is 128 g/mol. The molecule has 0 unspecified atom stereocenters. The van der Waals surface area contributed by atoms with E-state index in [1.807, 2.05) is 0 Å². The molecule has 0 aliphatic heterocycles. The van der Waals surface area contributed by atoms with E-state index in [1.165, 1.54) is 0 Å². The molecule has 30 valence electrons. The maximum Gasteiger partial charge on any atom is 0.284 e. The zero-order valence-electron chi connectivity index (χ0n) is 2.04. The SMILES string of the molecule is O=S(=O)=S=S. The molecular formula is O2S3. The second kappa shape index (κ2) is 2.49. The summed E-state index contributed by atoms with van der Waals surface area (Å²) in [6.07, 6.45) is 0. The van der Waals surface area contributed by atoms with E-state index in [9.17, 15) is 8.42 Å². The predicted molar refractivity (Wildman–Crippen MR) is 23.6 cm³/mol. The molecule has 0 saturated carbocycles. The highest BCUT2D eigenvalue weighted by Crippen LogP contribution is 1.24. The van der Waals surface area contributed by atoms with E-state index in [1.54, 1.807) is 0 Å². The molecule has 5 heteroatoms. The standard InChI is InChI=1S/O2S3/c1-5(2)4-3. The van der Waals surface area contributed by atoms with Crippen molar-refractivity contribution in [3.63, 3.8) is 0 Å². The first-order valence-electron chi connectivity index (χ1n) is 0.667. The summed E-state index contributed by atoms with van der Waals surface area (Å²) in [5.74, 6) is 0. The second-order valence-corrected chi connectivity index (χ2v) is 3.27. The van der Waals surface area contributed by atoms with E-state index in [-0.39, 0.29) is 0 Å². The van der Waals surface area contributed by atoms with Crippen LogP contribution in [0.1, 0.15) is 0 Å². The zero-order chi connectivity index (χ0) is 4.28. The minimum Gasteiger partial charge on any atom is -0.172 e. The van der Waals surface area contributed by atoms with E-state index in [0.29, 0.717) is 8.88 Å². The lowest BCUT2D eigenvalue weighted by atomic mass is 15.9. The minimum atomic E-state index is -2.09. The molecule has 0 atom stereocenters. The summed E-state index contributed by atoms with van der Waals surface area (Å²) in [7, 11) is -1.71. The monoisotopic (exact) mass is 128 g/mol. The minimum absolute atomic E-state index is 0.380. The quantitative estimate of drug-likeness (QED) is 0.433. The Labute approximate surface area is 38.2 Å². The molecule has 0 aliphatic rings. The van der Waals surface area contributed by atoms with Crippen LogP contribution in [0, 0.1) is 0 Å². The summed E-state index contributed by atoms with van der Waals surface area (Å²) < 4.78 is 18.5. The fraction of sp³-hybridized carbons (Fsp3) is 0. The number of hydrogen-bond donors (Lipinski definition) is 0. The highest BCUT2D eigenvalue weighted by molar-refractivity contribution is 8.40. The van der Waals surface area contributed by atoms with Gasteiger partial charge >= 0.3 is 0 Å². The van der Waals surface area contributed by atoms with Crippen LogP contribution in [0.2, 0.25) is 0 Å². The van der Waals surface area contributed by atoms with Crippen LogP contribution in [0.3, 0.4) is 0 Å². The van der Waals surface area contributed by atoms with Crippen LogP contribution in [0.25, 0.3) is 0 Å². The Morgan fingerprint density at radius 2 is 1.80 bits per heavy atom. The van der Waals surface area contributed by atoms with E-state index in [0.717, 1.165) is 0 Å². The van der Waals surface area contributed by atoms with Crippen molar-refractivity contribution in [1.82, 2.24) is 0 Å². The first-order valence-corrected chi connectivity index (χ1v) is 4.00. The second-order valence-electron chi connectivity index (χ2n) is 0.272. The molecule has 0 N–H and O–H groups in total. The van der Waals surface area contributed by atoms with Crippen LogP contribution in [0.15, 0.2) is 0 Å². The molecule has 0 aromatic heterocycles. The number of rotatable bonds is 0. The van der Waals surface area contributed by atoms with Crippen molar-refractivity contribution in [2.45, 2.75) is 0 Å². The molecular weight excluding hydrogens is 128 g/mol. The average Bonchev–Trinajstić information content (AvgIpc) is 1.38. The highest BCUT2D eigenvalue weighted by atomic mass is 33.1. The van der Waals surface area contributed by atoms with Gasteiger partial charge < -0.3 is 0 Å². The Kier molecular flexibility index (Phi) is 2.62. The zero-order valence-corrected chi connectivity index (χ0v) is 4.49. The molecule has 0 aliphatic carbocycles. The van der Waals surface area contributed by atoms with Crippen LogP contribution < -0.4 is 0 Å². The van der Waals surface area contributed by atoms with Gasteiger partial charge in [-0.1, -0.05) is 0 Å². The number of hydrogen-bond acceptors (Lipinski definition) is 3. The van der Waals surface area contributed by atoms with Crippen LogP contribution >= 0.6 is 0 Å². The predicted octanol–water partition coefficient (Wildman–Crippen LogP) is -0.675. The summed E-state index contributed by atoms with van der Waals surface area (Å²) >= 11 is 3.98. The lowest BCUT2D eigenvalue weighted by molar-refractivity contribution is 0.628. The molecule has 0 heterocycles. The van der Waals surface area contributed by atoms with Gasteiger partial charge in [-0.25, -0.2) is 0 Å². The third-order valence-corrected chi connectivity index (χ3v) is 1.50. The molecule has 0 saturated heterocycles. The van der Waals surface area contributed by atoms with Gasteiger partial charge in [0.2, 0.25) is 0 Å². The molecule has 2 nitrogen and oxygen atoms in total. The summed E-state index contributed by atoms with van der Waals surface area (Å²) in [5.41, 5.74) is 0. The van der Waals surface area contributed by atoms with Gasteiger partial charge in [0.25, 0.3) is 9.26 Å². The lowest BCUT2D eigenvalue weighted by Gasteiger charge is -1.23. The Balaban J connectivity index is 5.08. The van der Waals surface area contributed by atoms with Crippen molar-refractivity contribution in [3.05, 3.63) is 0 Å². The molecule has 0 fully saturated rings. The molecule has 0 rings (SSSR count). The van der Waals surface area contributed by atoms with Crippen molar-refractivity contribution < 1.29 is 8.42 Å². The van der Waals surface area contributed by atoms with Crippen molar-refractivity contribution >= 4 is 29.3 Å². The van der Waals surface area contributed by atoms with Crippen molar-refractivity contribution in [3.8, 4) is 0 Å². The molecule has 0 radical (unpaired) electrons. The maximum absolute atomic E-state index is 9.23. The van der Waals surface area contributed by atoms with Crippen molar-refractivity contribution in [2.75, 3.05) is 0 Å². The van der Waals surface area contributed by atoms with Crippen molar-refractivity contribution in [1.29, 1.82) is 0 Å². The van der Waals surface area contributed by atoms with Gasteiger partial charge in [0, 0.05) is 11.2 Å². The van der Waals surface area contributed by atoms with Gasteiger partial charge in [-0.3, -0.25) is 0 Å². The Morgan fingerprint density at radius 1 is 1.60 bits per heavy atom. The van der Waals surface area contributed by atoms with Gasteiger partial charge in [0.15, 0.2) is 0 Å². The van der Waals surface area contributed by atoms with Gasteiger partial charge in [-0.2, -0.15) is 8.42 Å². The Bertz CT molecular complexity index is 136. The molecule has 0 spiro atoms. The fourth-order valence-corrected chi connectivity index (χ4v) is 0. The summed E-state index contributed by atoms with van der Waals surface area (Å²) in [4.78, 5) is 0. The smallest absolute Gasteiger partial charge is 0.172 e. The van der Waals surface area contributed by atoms with Gasteiger partial charge in [0.1, 0.15) is 0 Å². The molecule has 0 aromatic carbocycles. The van der Waals surface area contributed by atoms with E-state index in [4.69, 9.17) is 0 Å². The van der Waals surface area contributed by atoms with E-state index in [2.05, 4.69) is 11.2 Å². The topological polar surface area (TPSA) is 34.1 Å². The van der Waals surface area contributed by atoms with Crippen molar-refractivity contribution in [2.24, 2.45) is 0 Å². The third kappa shape index (κ3) is 4.26. The summed E-state index contributed by atoms with van der Waals surface area (Å²) in [6, 6.07) is 0. The molecule has 0 amide bonds. The first kappa shape index (κ1) is 5.26. The molecule has 0 bridgehead atoms. The maximum atomic E-state index is 9.23. The van der Waals surface area contributed by atoms with Gasteiger partial charge in [-0.05, 0) is 0 Å². The first-order chi connectivity index (χ1) is 2.27. The lowest BCUT2D eigenvalue weighted by Crippen LogP contribution is -1.41. The normalized spacial score (nSPS) is 6.40. The third-order valence-electron chi connectivity index (χ3n) is 0.0556. The van der Waals surface area contributed by atoms with Crippen LogP contribution in [0.5, 0.6) is 0 Å². The highest BCUT2D eigenvalue weighted by Gasteiger charge is 1.41. The summed E-state index contributed by atoms with van der Waals surface area (Å²) in [5, 5.41) is 0. The fourth-order valence-electron chi connectivity index (χ4n) is 0. The molecule has 5 heavy (non-hydrogen) atoms. The Morgan fingerprint density at radius 3 is 1.80 bits per heavy atom. The Hall–Kier alpha value is 0.260. The molecule has 0 aromatic rings. The van der Waals surface area contributed by atoms with Crippen LogP contribution in [0.4, 0.5) is 0 Å².